The minimum atomic E-state index is -4.93. The predicted octanol–water partition coefficient (Wildman–Crippen LogP) is 5.47. The van der Waals surface area contributed by atoms with Crippen molar-refractivity contribution in [2.75, 3.05) is 26.2 Å². The highest BCUT2D eigenvalue weighted by Crippen LogP contribution is 2.39. The fraction of sp³-hybridized carbons (Fsp3) is 0.480. The van der Waals surface area contributed by atoms with E-state index in [0.717, 1.165) is 5.56 Å². The first-order valence-electron chi connectivity index (χ1n) is 11.6. The molecule has 2 saturated heterocycles. The lowest BCUT2D eigenvalue weighted by molar-refractivity contribution is -0.143. The topological polar surface area (TPSA) is 53.6 Å². The molecule has 0 spiro atoms. The van der Waals surface area contributed by atoms with Crippen LogP contribution in [-0.2, 0) is 22.6 Å². The van der Waals surface area contributed by atoms with Crippen LogP contribution in [0.3, 0.4) is 0 Å². The number of rotatable bonds is 6. The second-order valence-electron chi connectivity index (χ2n) is 9.24. The summed E-state index contributed by atoms with van der Waals surface area (Å²) in [5.41, 5.74) is -2.77. The van der Waals surface area contributed by atoms with E-state index in [-0.39, 0.29) is 30.3 Å². The van der Waals surface area contributed by atoms with Crippen LogP contribution in [0, 0.1) is 0 Å². The monoisotopic (exact) mass is 515 g/mol. The summed E-state index contributed by atoms with van der Waals surface area (Å²) in [6.07, 6.45) is -9.66. The third-order valence-corrected chi connectivity index (χ3v) is 6.90. The molecule has 0 aliphatic carbocycles. The van der Waals surface area contributed by atoms with Crippen molar-refractivity contribution in [1.82, 2.24) is 15.5 Å². The van der Waals surface area contributed by atoms with E-state index in [9.17, 15) is 31.1 Å². The predicted molar refractivity (Wildman–Crippen MR) is 120 cm³/mol. The van der Waals surface area contributed by atoms with Gasteiger partial charge in [-0.3, -0.25) is 0 Å². The van der Waals surface area contributed by atoms with Gasteiger partial charge in [0, 0.05) is 25.7 Å². The highest BCUT2D eigenvalue weighted by Gasteiger charge is 2.41. The molecule has 196 valence electrons. The van der Waals surface area contributed by atoms with Crippen molar-refractivity contribution >= 4 is 6.03 Å². The van der Waals surface area contributed by atoms with Crippen molar-refractivity contribution in [3.05, 3.63) is 70.8 Å². The Morgan fingerprint density at radius 2 is 1.69 bits per heavy atom. The fourth-order valence-electron chi connectivity index (χ4n) is 4.80. The molecule has 5 nitrogen and oxygen atoms in total. The molecule has 3 atom stereocenters. The van der Waals surface area contributed by atoms with E-state index in [0.29, 0.717) is 44.6 Å². The van der Waals surface area contributed by atoms with Crippen LogP contribution in [0.4, 0.5) is 31.1 Å². The summed E-state index contributed by atoms with van der Waals surface area (Å²) in [6, 6.07) is 10.7. The van der Waals surface area contributed by atoms with Crippen LogP contribution in [0.2, 0.25) is 0 Å². The maximum absolute atomic E-state index is 13.3. The molecule has 1 unspecified atom stereocenters. The lowest BCUT2D eigenvalue weighted by Gasteiger charge is -2.44. The Morgan fingerprint density at radius 3 is 2.19 bits per heavy atom. The normalized spacial score (nSPS) is 24.0. The second kappa shape index (κ2) is 9.93. The molecule has 0 saturated carbocycles. The van der Waals surface area contributed by atoms with Crippen molar-refractivity contribution in [2.24, 2.45) is 0 Å². The van der Waals surface area contributed by atoms with E-state index in [4.69, 9.17) is 4.74 Å². The summed E-state index contributed by atoms with van der Waals surface area (Å²) >= 11 is 0. The number of hydrogen-bond donors (Lipinski definition) is 2. The van der Waals surface area contributed by atoms with Crippen molar-refractivity contribution in [2.45, 2.75) is 49.8 Å². The summed E-state index contributed by atoms with van der Waals surface area (Å²) < 4.78 is 85.8. The first kappa shape index (κ1) is 26.3. The van der Waals surface area contributed by atoms with Crippen LogP contribution in [0.5, 0.6) is 0 Å². The average molecular weight is 515 g/mol. The van der Waals surface area contributed by atoms with Crippen molar-refractivity contribution in [3.63, 3.8) is 0 Å². The minimum absolute atomic E-state index is 0.0225. The van der Waals surface area contributed by atoms with Crippen LogP contribution in [0.15, 0.2) is 48.5 Å². The van der Waals surface area contributed by atoms with Crippen LogP contribution >= 0.6 is 0 Å². The first-order valence-corrected chi connectivity index (χ1v) is 11.6. The summed E-state index contributed by atoms with van der Waals surface area (Å²) in [4.78, 5) is 13.8. The lowest BCUT2D eigenvalue weighted by atomic mass is 9.81. The third-order valence-electron chi connectivity index (χ3n) is 6.90. The Balaban J connectivity index is 1.55. The first-order chi connectivity index (χ1) is 16.9. The van der Waals surface area contributed by atoms with Gasteiger partial charge < -0.3 is 20.3 Å². The molecule has 0 radical (unpaired) electrons. The standard InChI is InChI=1S/C25H27F6N3O2/c1-16(17-11-19(24(26,27)28)13-20(12-17)25(29,30)31)36-15-23(18-5-3-2-4-6-18)8-7-21(14-33-23)34-10-9-32-22(34)35/h2-6,11-13,16,21,33H,7-10,14-15H2,1H3,(H,32,35)/t16-,21+,23?/m1/s1. The van der Waals surface area contributed by atoms with Crippen LogP contribution < -0.4 is 10.6 Å². The molecule has 2 aromatic rings. The summed E-state index contributed by atoms with van der Waals surface area (Å²) in [5, 5.41) is 6.25. The van der Waals surface area contributed by atoms with Gasteiger partial charge in [-0.2, -0.15) is 26.3 Å². The molecule has 0 bridgehead atoms. The molecule has 2 heterocycles. The number of carbonyl (C=O) groups is 1. The molecular weight excluding hydrogens is 488 g/mol. The molecule has 0 aromatic heterocycles. The molecule has 2 fully saturated rings. The number of benzene rings is 2. The van der Waals surface area contributed by atoms with Gasteiger partial charge in [0.1, 0.15) is 0 Å². The Bertz CT molecular complexity index is 1030. The number of alkyl halides is 6. The summed E-state index contributed by atoms with van der Waals surface area (Å²) in [7, 11) is 0. The lowest BCUT2D eigenvalue weighted by Crippen LogP contribution is -2.57. The highest BCUT2D eigenvalue weighted by atomic mass is 19.4. The van der Waals surface area contributed by atoms with Crippen LogP contribution in [-0.4, -0.2) is 43.2 Å². The van der Waals surface area contributed by atoms with Crippen LogP contribution in [0.25, 0.3) is 0 Å². The van der Waals surface area contributed by atoms with Gasteiger partial charge in [-0.05, 0) is 49.1 Å². The Kier molecular flexibility index (Phi) is 7.25. The summed E-state index contributed by atoms with van der Waals surface area (Å²) in [5.74, 6) is 0. The van der Waals surface area contributed by atoms with Gasteiger partial charge in [-0.25, -0.2) is 4.79 Å². The number of urea groups is 1. The Morgan fingerprint density at radius 1 is 1.06 bits per heavy atom. The molecule has 2 aliphatic rings. The van der Waals surface area contributed by atoms with Gasteiger partial charge in [0.05, 0.1) is 29.4 Å². The molecule has 2 amide bonds. The number of amides is 2. The number of ether oxygens (including phenoxy) is 1. The zero-order valence-electron chi connectivity index (χ0n) is 19.5. The van der Waals surface area contributed by atoms with E-state index >= 15 is 0 Å². The number of carbonyl (C=O) groups excluding carboxylic acids is 1. The zero-order valence-corrected chi connectivity index (χ0v) is 19.5. The molecule has 11 heteroatoms. The van der Waals surface area contributed by atoms with Gasteiger partial charge in [0.15, 0.2) is 0 Å². The van der Waals surface area contributed by atoms with E-state index in [1.54, 1.807) is 4.90 Å². The Labute approximate surface area is 204 Å². The molecular formula is C25H27F6N3O2. The number of nitrogens with zero attached hydrogens (tertiary/aromatic N) is 1. The zero-order chi connectivity index (χ0) is 26.1. The molecule has 2 N–H and O–H groups in total. The van der Waals surface area contributed by atoms with Gasteiger partial charge in [0.2, 0.25) is 0 Å². The van der Waals surface area contributed by atoms with Crippen molar-refractivity contribution in [3.8, 4) is 0 Å². The minimum Gasteiger partial charge on any atom is -0.372 e. The van der Waals surface area contributed by atoms with E-state index in [1.165, 1.54) is 6.92 Å². The molecule has 2 aliphatic heterocycles. The van der Waals surface area contributed by atoms with Gasteiger partial charge >= 0.3 is 18.4 Å². The quantitative estimate of drug-likeness (QED) is 0.502. The largest absolute Gasteiger partial charge is 0.416 e. The van der Waals surface area contributed by atoms with Crippen molar-refractivity contribution < 1.29 is 35.9 Å². The third kappa shape index (κ3) is 5.62. The number of piperidine rings is 1. The fourth-order valence-corrected chi connectivity index (χ4v) is 4.80. The molecule has 2 aromatic carbocycles. The highest BCUT2D eigenvalue weighted by molar-refractivity contribution is 5.76. The number of halogens is 6. The van der Waals surface area contributed by atoms with E-state index in [2.05, 4.69) is 10.6 Å². The number of nitrogens with one attached hydrogen (secondary N) is 2. The van der Waals surface area contributed by atoms with Gasteiger partial charge in [-0.15, -0.1) is 0 Å². The smallest absolute Gasteiger partial charge is 0.372 e. The second-order valence-corrected chi connectivity index (χ2v) is 9.24. The van der Waals surface area contributed by atoms with E-state index < -0.39 is 35.1 Å². The SMILES string of the molecule is C[C@@H](OCC1(c2ccccc2)CC[C@H](N2CCNC2=O)CN1)c1cc(C(F)(F)F)cc(C(F)(F)F)c1. The molecule has 4 rings (SSSR count). The average Bonchev–Trinajstić information content (AvgIpc) is 3.27. The Hall–Kier alpha value is -2.79. The van der Waals surface area contributed by atoms with E-state index in [1.807, 2.05) is 30.3 Å². The van der Waals surface area contributed by atoms with Crippen LogP contribution in [0.1, 0.15) is 48.1 Å². The number of hydrogen-bond acceptors (Lipinski definition) is 3. The van der Waals surface area contributed by atoms with Gasteiger partial charge in [-0.1, -0.05) is 30.3 Å². The van der Waals surface area contributed by atoms with Gasteiger partial charge in [0.25, 0.3) is 0 Å². The maximum Gasteiger partial charge on any atom is 0.416 e. The molecule has 36 heavy (non-hydrogen) atoms. The van der Waals surface area contributed by atoms with Crippen molar-refractivity contribution in [1.29, 1.82) is 0 Å². The maximum atomic E-state index is 13.3. The summed E-state index contributed by atoms with van der Waals surface area (Å²) in [6.45, 7) is 3.12.